The van der Waals surface area contributed by atoms with Crippen molar-refractivity contribution in [3.8, 4) is 34.3 Å². The number of anilines is 1. The van der Waals surface area contributed by atoms with Crippen molar-refractivity contribution < 1.29 is 41.3 Å². The number of nitrogens with zero attached hydrogens (tertiary/aromatic N) is 7. The van der Waals surface area contributed by atoms with Crippen LogP contribution in [0.5, 0.6) is 11.5 Å². The summed E-state index contributed by atoms with van der Waals surface area (Å²) in [6, 6.07) is 8.79. The molecule has 362 valence electrons. The number of fused-ring (bicyclic) bond motifs is 1. The van der Waals surface area contributed by atoms with E-state index in [1.807, 2.05) is 20.8 Å². The van der Waals surface area contributed by atoms with Crippen LogP contribution in [0.4, 0.5) is 5.69 Å². The van der Waals surface area contributed by atoms with E-state index in [1.165, 1.54) is 43.6 Å². The molecule has 2 saturated heterocycles. The number of aliphatic hydroxyl groups excluding tert-OH is 1. The average Bonchev–Trinajstić information content (AvgIpc) is 3.57. The van der Waals surface area contributed by atoms with Gasteiger partial charge >= 0.3 is 0 Å². The smallest absolute Gasteiger partial charge is 0.294 e. The first-order valence-corrected chi connectivity index (χ1v) is 24.6. The largest absolute Gasteiger partial charge is 0.493 e. The Morgan fingerprint density at radius 2 is 1.40 bits per heavy atom. The average molecular weight is 970 g/mol. The Hall–Kier alpha value is -6.28. The Bertz CT molecular complexity index is 2980. The Morgan fingerprint density at radius 1 is 0.866 bits per heavy atom. The van der Waals surface area contributed by atoms with Gasteiger partial charge in [-0.1, -0.05) is 26.7 Å². The third-order valence-electron chi connectivity index (χ3n) is 11.0. The van der Waals surface area contributed by atoms with Crippen molar-refractivity contribution >= 4 is 42.5 Å². The Morgan fingerprint density at radius 3 is 1.90 bits per heavy atom. The highest BCUT2D eigenvalue weighted by Gasteiger charge is 2.38. The first-order chi connectivity index (χ1) is 31.9. The van der Waals surface area contributed by atoms with Crippen LogP contribution < -0.4 is 25.9 Å². The second-order valence-electron chi connectivity index (χ2n) is 15.8. The normalized spacial score (nSPS) is 14.7. The van der Waals surface area contributed by atoms with Gasteiger partial charge in [-0.15, -0.1) is 10.1 Å². The van der Waals surface area contributed by atoms with E-state index >= 15 is 0 Å². The van der Waals surface area contributed by atoms with Crippen LogP contribution in [0.2, 0.25) is 0 Å². The third-order valence-corrected chi connectivity index (χ3v) is 14.7. The molecule has 0 radical (unpaired) electrons. The molecule has 2 aliphatic heterocycles. The maximum absolute atomic E-state index is 13.2. The van der Waals surface area contributed by atoms with Gasteiger partial charge in [0.1, 0.15) is 46.7 Å². The molecule has 23 nitrogen and oxygen atoms in total. The van der Waals surface area contributed by atoms with Crippen molar-refractivity contribution in [2.75, 3.05) is 65.0 Å². The molecule has 0 aliphatic carbocycles. The minimum atomic E-state index is -3.92. The highest BCUT2D eigenvalue weighted by Crippen LogP contribution is 2.35. The highest BCUT2D eigenvalue weighted by atomic mass is 32.2. The van der Waals surface area contributed by atoms with E-state index in [1.54, 1.807) is 27.1 Å². The van der Waals surface area contributed by atoms with E-state index in [4.69, 9.17) is 14.9 Å². The maximum Gasteiger partial charge on any atom is 0.294 e. The van der Waals surface area contributed by atoms with Gasteiger partial charge in [-0.3, -0.25) is 14.3 Å². The van der Waals surface area contributed by atoms with Gasteiger partial charge in [0.25, 0.3) is 16.2 Å². The van der Waals surface area contributed by atoms with Crippen LogP contribution >= 0.6 is 0 Å². The van der Waals surface area contributed by atoms with Crippen molar-refractivity contribution in [3.63, 3.8) is 0 Å². The van der Waals surface area contributed by atoms with Gasteiger partial charge < -0.3 is 40.1 Å². The SMILES string of the molecule is CCCC(=N)c1nc(-c2cc(S(=O)(=O)N3CC(CO[N+](=O)[O-])C3)ccc2OCC)[nH]c(=O)c1NC.CCCc1nn(C)c2c(=O)[nH]c(-c3cc(S(=O)(=O)N4CC(CO)C4)ccc3OCC)nc12. The maximum atomic E-state index is 13.2. The number of H-pyrrole nitrogens is 2. The van der Waals surface area contributed by atoms with E-state index in [0.29, 0.717) is 60.6 Å². The Labute approximate surface area is 386 Å². The molecule has 0 spiro atoms. The van der Waals surface area contributed by atoms with E-state index in [2.05, 4.69) is 35.2 Å². The fraction of sp³-hybridized carbons (Fsp3) is 0.476. The Balaban J connectivity index is 0.000000222. The molecule has 25 heteroatoms. The first kappa shape index (κ1) is 50.1. The van der Waals surface area contributed by atoms with Gasteiger partial charge in [0.05, 0.1) is 45.5 Å². The minimum Gasteiger partial charge on any atom is -0.493 e. The molecule has 5 heterocycles. The second-order valence-corrected chi connectivity index (χ2v) is 19.7. The number of sulfonamides is 2. The second kappa shape index (κ2) is 21.1. The molecular formula is C42H55N11O12S2. The van der Waals surface area contributed by atoms with E-state index in [9.17, 15) is 41.6 Å². The molecule has 0 atom stereocenters. The highest BCUT2D eigenvalue weighted by molar-refractivity contribution is 7.89. The van der Waals surface area contributed by atoms with Gasteiger partial charge in [-0.2, -0.15) is 13.7 Å². The monoisotopic (exact) mass is 969 g/mol. The lowest BCUT2D eigenvalue weighted by Crippen LogP contribution is -2.51. The summed E-state index contributed by atoms with van der Waals surface area (Å²) in [5, 5.41) is 34.2. The van der Waals surface area contributed by atoms with E-state index in [0.717, 1.165) is 12.1 Å². The standard InChI is InChI=1S/C21H28N6O7S.C21H27N5O5S/c1-4-6-16(22)18-19(23-3)21(28)25-20(24-18)15-9-14(7-8-17(15)33-5-2)35(31,32)26-10-13(11-26)12-34-27(29)30;1-4-6-16-18-19(25(3)24-16)21(28)23-20(22-18)15-9-14(7-8-17(15)31-5-2)32(29,30)26-10-13(11-26)12-27/h7-9,13,22-23H,4-6,10-12H2,1-3H3,(H,24,25,28);7-9,13,27H,4-6,10-12H2,1-3H3,(H,22,23,28). The zero-order valence-electron chi connectivity index (χ0n) is 38.0. The van der Waals surface area contributed by atoms with Crippen molar-refractivity contribution in [3.05, 3.63) is 78.6 Å². The molecule has 5 aromatic rings. The summed E-state index contributed by atoms with van der Waals surface area (Å²) >= 11 is 0. The number of aromatic amines is 2. The number of aryl methyl sites for hydroxylation is 2. The summed E-state index contributed by atoms with van der Waals surface area (Å²) in [5.41, 5.74) is 1.88. The predicted molar refractivity (Wildman–Crippen MR) is 247 cm³/mol. The molecule has 0 bridgehead atoms. The third kappa shape index (κ3) is 10.6. The zero-order chi connectivity index (χ0) is 48.8. The Kier molecular flexibility index (Phi) is 15.8. The fourth-order valence-electron chi connectivity index (χ4n) is 7.59. The number of aromatic nitrogens is 6. The van der Waals surface area contributed by atoms with Gasteiger partial charge in [0, 0.05) is 58.7 Å². The predicted octanol–water partition coefficient (Wildman–Crippen LogP) is 3.16. The molecule has 67 heavy (non-hydrogen) atoms. The molecule has 2 aliphatic rings. The van der Waals surface area contributed by atoms with Crippen LogP contribution in [0.25, 0.3) is 33.8 Å². The summed E-state index contributed by atoms with van der Waals surface area (Å²) in [5.74, 6) is 0.718. The molecule has 0 saturated carbocycles. The van der Waals surface area contributed by atoms with E-state index < -0.39 is 30.7 Å². The van der Waals surface area contributed by atoms with Crippen LogP contribution in [0.3, 0.4) is 0 Å². The number of aliphatic hydroxyl groups is 1. The molecule has 7 rings (SSSR count). The van der Waals surface area contributed by atoms with E-state index in [-0.39, 0.29) is 101 Å². The quantitative estimate of drug-likeness (QED) is 0.0425. The summed E-state index contributed by atoms with van der Waals surface area (Å²) < 4.78 is 67.8. The van der Waals surface area contributed by atoms with Crippen LogP contribution in [0, 0.1) is 27.4 Å². The topological polar surface area (TPSA) is 311 Å². The zero-order valence-corrected chi connectivity index (χ0v) is 39.6. The molecular weight excluding hydrogens is 915 g/mol. The number of nitrogens with one attached hydrogen (secondary N) is 4. The van der Waals surface area contributed by atoms with Crippen LogP contribution in [-0.4, -0.2) is 131 Å². The van der Waals surface area contributed by atoms with Crippen molar-refractivity contribution in [2.45, 2.75) is 63.2 Å². The van der Waals surface area contributed by atoms with Crippen LogP contribution in [0.1, 0.15) is 58.3 Å². The number of benzene rings is 2. The van der Waals surface area contributed by atoms with Crippen molar-refractivity contribution in [2.24, 2.45) is 18.9 Å². The summed E-state index contributed by atoms with van der Waals surface area (Å²) in [7, 11) is -4.40. The lowest BCUT2D eigenvalue weighted by molar-refractivity contribution is -0.759. The lowest BCUT2D eigenvalue weighted by atomic mass is 10.1. The van der Waals surface area contributed by atoms with Crippen LogP contribution in [-0.2, 0) is 38.4 Å². The van der Waals surface area contributed by atoms with Gasteiger partial charge in [-0.05, 0) is 63.1 Å². The molecule has 2 aromatic carbocycles. The molecule has 3 aromatic heterocycles. The molecule has 5 N–H and O–H groups in total. The van der Waals surface area contributed by atoms with Gasteiger partial charge in [0.2, 0.25) is 20.0 Å². The summed E-state index contributed by atoms with van der Waals surface area (Å²) in [6.45, 7) is 8.68. The number of hydrogen-bond donors (Lipinski definition) is 5. The van der Waals surface area contributed by atoms with Crippen LogP contribution in [0.15, 0.2) is 55.8 Å². The summed E-state index contributed by atoms with van der Waals surface area (Å²) in [6.07, 6.45) is 2.61. The molecule has 0 amide bonds. The lowest BCUT2D eigenvalue weighted by Gasteiger charge is -2.37. The molecule has 0 unspecified atom stereocenters. The number of rotatable bonds is 20. The molecule has 2 fully saturated rings. The number of hydrogen-bond acceptors (Lipinski definition) is 17. The first-order valence-electron chi connectivity index (χ1n) is 21.7. The van der Waals surface area contributed by atoms with Crippen molar-refractivity contribution in [1.29, 1.82) is 5.41 Å². The summed E-state index contributed by atoms with van der Waals surface area (Å²) in [4.78, 5) is 54.9. The van der Waals surface area contributed by atoms with Crippen molar-refractivity contribution in [1.82, 2.24) is 38.3 Å². The fourth-order valence-corrected chi connectivity index (χ4v) is 10.8. The van der Waals surface area contributed by atoms with Gasteiger partial charge in [0.15, 0.2) is 5.52 Å². The number of ether oxygens (including phenoxy) is 2. The minimum absolute atomic E-state index is 0.0447. The van der Waals surface area contributed by atoms with Gasteiger partial charge in [-0.25, -0.2) is 26.8 Å².